The summed E-state index contributed by atoms with van der Waals surface area (Å²) in [6, 6.07) is 6.00. The molecule has 132 valence electrons. The van der Waals surface area contributed by atoms with Crippen molar-refractivity contribution in [3.8, 4) is 0 Å². The van der Waals surface area contributed by atoms with E-state index in [2.05, 4.69) is 20.7 Å². The van der Waals surface area contributed by atoms with E-state index in [4.69, 9.17) is 4.74 Å². The van der Waals surface area contributed by atoms with Crippen molar-refractivity contribution in [1.82, 2.24) is 14.6 Å². The molecule has 0 radical (unpaired) electrons. The largest absolute Gasteiger partial charge is 0.372 e. The maximum absolute atomic E-state index is 11.9. The summed E-state index contributed by atoms with van der Waals surface area (Å²) in [6.07, 6.45) is 5.50. The molecule has 1 N–H and O–H groups in total. The maximum atomic E-state index is 11.9. The molecule has 6 nitrogen and oxygen atoms in total. The second kappa shape index (κ2) is 6.37. The molecular weight excluding hydrogens is 326 g/mol. The van der Waals surface area contributed by atoms with E-state index in [1.165, 1.54) is 0 Å². The van der Waals surface area contributed by atoms with Crippen molar-refractivity contribution < 1.29 is 13.2 Å². The Bertz CT molecular complexity index is 660. The van der Waals surface area contributed by atoms with Gasteiger partial charge in [-0.1, -0.05) is 6.07 Å². The summed E-state index contributed by atoms with van der Waals surface area (Å²) in [6.45, 7) is 3.95. The molecule has 7 heteroatoms. The van der Waals surface area contributed by atoms with Crippen molar-refractivity contribution in [2.24, 2.45) is 5.92 Å². The van der Waals surface area contributed by atoms with Crippen molar-refractivity contribution in [2.75, 3.05) is 26.2 Å². The summed E-state index contributed by atoms with van der Waals surface area (Å²) >= 11 is 0. The van der Waals surface area contributed by atoms with Crippen molar-refractivity contribution >= 4 is 10.0 Å². The molecule has 2 saturated heterocycles. The molecule has 0 unspecified atom stereocenters. The Balaban J connectivity index is 1.20. The highest BCUT2D eigenvalue weighted by Gasteiger charge is 2.46. The zero-order valence-corrected chi connectivity index (χ0v) is 14.7. The summed E-state index contributed by atoms with van der Waals surface area (Å²) in [5.74, 6) is 0.300. The molecule has 0 bridgehead atoms. The van der Waals surface area contributed by atoms with E-state index in [-0.39, 0.29) is 10.9 Å². The van der Waals surface area contributed by atoms with E-state index in [1.54, 1.807) is 0 Å². The average Bonchev–Trinajstić information content (AvgIpc) is 3.39. The van der Waals surface area contributed by atoms with Crippen LogP contribution in [0.2, 0.25) is 0 Å². The van der Waals surface area contributed by atoms with Gasteiger partial charge in [0, 0.05) is 32.4 Å². The van der Waals surface area contributed by atoms with Gasteiger partial charge in [0.05, 0.1) is 23.2 Å². The molecule has 3 aliphatic rings. The molecule has 1 atom stereocenters. The van der Waals surface area contributed by atoms with Crippen LogP contribution in [0, 0.1) is 5.92 Å². The first-order valence-electron chi connectivity index (χ1n) is 8.79. The number of nitrogens with zero attached hydrogens (tertiary/aromatic N) is 2. The van der Waals surface area contributed by atoms with Gasteiger partial charge in [-0.25, -0.2) is 13.1 Å². The fourth-order valence-corrected chi connectivity index (χ4v) is 5.12. The molecule has 3 fully saturated rings. The molecule has 0 amide bonds. The average molecular weight is 351 g/mol. The number of pyridine rings is 1. The van der Waals surface area contributed by atoms with Crippen molar-refractivity contribution in [3.63, 3.8) is 0 Å². The minimum atomic E-state index is -3.07. The number of ether oxygens (including phenoxy) is 1. The van der Waals surface area contributed by atoms with Crippen LogP contribution in [0.15, 0.2) is 24.4 Å². The van der Waals surface area contributed by atoms with Gasteiger partial charge in [0.1, 0.15) is 0 Å². The van der Waals surface area contributed by atoms with Crippen LogP contribution in [-0.2, 0) is 21.3 Å². The first-order valence-corrected chi connectivity index (χ1v) is 10.3. The topological polar surface area (TPSA) is 71.5 Å². The minimum Gasteiger partial charge on any atom is -0.372 e. The number of hydrogen-bond acceptors (Lipinski definition) is 5. The predicted octanol–water partition coefficient (Wildman–Crippen LogP) is 1.14. The van der Waals surface area contributed by atoms with E-state index < -0.39 is 10.0 Å². The van der Waals surface area contributed by atoms with Gasteiger partial charge in [-0.2, -0.15) is 0 Å². The van der Waals surface area contributed by atoms with Crippen LogP contribution in [0.5, 0.6) is 0 Å². The van der Waals surface area contributed by atoms with Gasteiger partial charge in [0.25, 0.3) is 0 Å². The lowest BCUT2D eigenvalue weighted by atomic mass is 9.83. The summed E-state index contributed by atoms with van der Waals surface area (Å²) in [7, 11) is -3.07. The van der Waals surface area contributed by atoms with Crippen LogP contribution in [0.25, 0.3) is 0 Å². The van der Waals surface area contributed by atoms with Gasteiger partial charge in [0.2, 0.25) is 10.0 Å². The van der Waals surface area contributed by atoms with Crippen molar-refractivity contribution in [3.05, 3.63) is 30.1 Å². The smallest absolute Gasteiger partial charge is 0.214 e. The molecule has 0 aromatic carbocycles. The molecule has 1 saturated carbocycles. The van der Waals surface area contributed by atoms with Gasteiger partial charge in [0.15, 0.2) is 0 Å². The summed E-state index contributed by atoms with van der Waals surface area (Å²) in [5, 5.41) is -0.139. The van der Waals surface area contributed by atoms with Crippen LogP contribution in [-0.4, -0.2) is 55.4 Å². The second-order valence-corrected chi connectivity index (χ2v) is 9.50. The quantitative estimate of drug-likeness (QED) is 0.832. The van der Waals surface area contributed by atoms with Crippen LogP contribution in [0.4, 0.5) is 0 Å². The van der Waals surface area contributed by atoms with Crippen LogP contribution in [0.1, 0.15) is 31.4 Å². The lowest BCUT2D eigenvalue weighted by Crippen LogP contribution is -2.64. The monoisotopic (exact) mass is 351 g/mol. The van der Waals surface area contributed by atoms with Crippen LogP contribution < -0.4 is 4.72 Å². The Hall–Kier alpha value is -1.02. The number of sulfonamides is 1. The summed E-state index contributed by atoms with van der Waals surface area (Å²) in [4.78, 5) is 6.72. The second-order valence-electron chi connectivity index (χ2n) is 7.46. The molecule has 1 spiro atoms. The zero-order chi connectivity index (χ0) is 16.6. The predicted molar refractivity (Wildman–Crippen MR) is 90.9 cm³/mol. The Morgan fingerprint density at radius 3 is 2.75 bits per heavy atom. The molecule has 4 rings (SSSR count). The summed E-state index contributed by atoms with van der Waals surface area (Å²) in [5.41, 5.74) is 1.08. The van der Waals surface area contributed by atoms with Crippen LogP contribution >= 0.6 is 0 Å². The molecule has 1 aliphatic carbocycles. The highest BCUT2D eigenvalue weighted by molar-refractivity contribution is 7.90. The summed E-state index contributed by atoms with van der Waals surface area (Å²) < 4.78 is 32.7. The highest BCUT2D eigenvalue weighted by atomic mass is 32.2. The van der Waals surface area contributed by atoms with E-state index >= 15 is 0 Å². The van der Waals surface area contributed by atoms with E-state index in [0.29, 0.717) is 19.1 Å². The Labute approximate surface area is 143 Å². The lowest BCUT2D eigenvalue weighted by Gasteiger charge is -2.52. The number of hydrogen-bond donors (Lipinski definition) is 1. The highest BCUT2D eigenvalue weighted by Crippen LogP contribution is 2.36. The number of likely N-dealkylation sites (tertiary alicyclic amines) is 1. The number of aromatic nitrogens is 1. The molecule has 3 heterocycles. The molecule has 1 aromatic rings. The Morgan fingerprint density at radius 1 is 1.29 bits per heavy atom. The molecule has 24 heavy (non-hydrogen) atoms. The molecule has 1 aromatic heterocycles. The first-order chi connectivity index (χ1) is 11.5. The third-order valence-corrected chi connectivity index (χ3v) is 7.22. The van der Waals surface area contributed by atoms with Gasteiger partial charge in [-0.3, -0.25) is 9.88 Å². The first kappa shape index (κ1) is 16.4. The lowest BCUT2D eigenvalue weighted by molar-refractivity contribution is -0.181. The minimum absolute atomic E-state index is 0.0132. The van der Waals surface area contributed by atoms with E-state index in [0.717, 1.165) is 51.0 Å². The van der Waals surface area contributed by atoms with Gasteiger partial charge in [-0.15, -0.1) is 0 Å². The standard InChI is InChI=1S/C17H25N3O3S/c21-24(22,16-4-5-16)19-9-14-6-7-17(23-11-14)12-20(13-17)10-15-3-1-2-8-18-15/h1-3,8,14,16,19H,4-7,9-13H2/t14-/m0/s1. The molecule has 2 aliphatic heterocycles. The number of rotatable bonds is 6. The van der Waals surface area contributed by atoms with Gasteiger partial charge < -0.3 is 4.74 Å². The van der Waals surface area contributed by atoms with Gasteiger partial charge >= 0.3 is 0 Å². The Morgan fingerprint density at radius 2 is 2.12 bits per heavy atom. The SMILES string of the molecule is O=S(=O)(NC[C@@H]1CCC2(CN(Cc3ccccn3)C2)OC1)C1CC1. The fourth-order valence-electron chi connectivity index (χ4n) is 3.66. The normalized spacial score (nSPS) is 27.1. The Kier molecular flexibility index (Phi) is 4.36. The van der Waals surface area contributed by atoms with Crippen LogP contribution in [0.3, 0.4) is 0 Å². The van der Waals surface area contributed by atoms with Gasteiger partial charge in [-0.05, 0) is 43.7 Å². The number of nitrogens with one attached hydrogen (secondary N) is 1. The third kappa shape index (κ3) is 3.64. The fraction of sp³-hybridized carbons (Fsp3) is 0.706. The van der Waals surface area contributed by atoms with Crippen molar-refractivity contribution in [1.29, 1.82) is 0 Å². The molecular formula is C17H25N3O3S. The zero-order valence-electron chi connectivity index (χ0n) is 13.9. The maximum Gasteiger partial charge on any atom is 0.214 e. The van der Waals surface area contributed by atoms with E-state index in [9.17, 15) is 8.42 Å². The van der Waals surface area contributed by atoms with E-state index in [1.807, 2.05) is 18.3 Å². The third-order valence-electron chi connectivity index (χ3n) is 5.31. The van der Waals surface area contributed by atoms with Crippen molar-refractivity contribution in [2.45, 2.75) is 43.1 Å².